The summed E-state index contributed by atoms with van der Waals surface area (Å²) in [7, 11) is 0. The molecule has 76 valence electrons. The second kappa shape index (κ2) is 3.57. The normalized spacial score (nSPS) is 33.7. The second-order valence-corrected chi connectivity index (χ2v) is 4.95. The first-order chi connectivity index (χ1) is 6.62. The maximum Gasteiger partial charge on any atom is 0.166 e. The van der Waals surface area contributed by atoms with E-state index in [2.05, 4.69) is 12.7 Å². The average molecular weight is 211 g/mol. The summed E-state index contributed by atoms with van der Waals surface area (Å²) in [6, 6.07) is 0. The predicted molar refractivity (Wildman–Crippen MR) is 60.0 cm³/mol. The van der Waals surface area contributed by atoms with E-state index in [1.165, 1.54) is 4.91 Å². The van der Waals surface area contributed by atoms with Crippen LogP contribution in [0.5, 0.6) is 0 Å². The van der Waals surface area contributed by atoms with Gasteiger partial charge in [-0.3, -0.25) is 0 Å². The molecule has 2 aliphatic rings. The minimum absolute atomic E-state index is 0.0645. The third-order valence-corrected chi connectivity index (χ3v) is 3.11. The zero-order chi connectivity index (χ0) is 10.2. The summed E-state index contributed by atoms with van der Waals surface area (Å²) in [5.74, 6) is -0.472. The minimum Gasteiger partial charge on any atom is -0.340 e. The maximum absolute atomic E-state index is 5.82. The lowest BCUT2D eigenvalue weighted by Gasteiger charge is -2.15. The van der Waals surface area contributed by atoms with Gasteiger partial charge in [-0.2, -0.15) is 0 Å². The number of hydrogen-bond acceptors (Lipinski definition) is 2. The molecule has 0 amide bonds. The van der Waals surface area contributed by atoms with E-state index in [4.69, 9.17) is 9.47 Å². The second-order valence-electron chi connectivity index (χ2n) is 3.81. The van der Waals surface area contributed by atoms with Crippen LogP contribution < -0.4 is 0 Å². The molecule has 14 heavy (non-hydrogen) atoms. The standard InChI is InChI=1S/C11H14O2S/c1-4-14-9-7-5-6-8-10(9)13-11(2,3)12-8/h4-8,10H,1H2,2-3H3/p+1/t8-,10-/m0/s1. The molecule has 0 aromatic carbocycles. The van der Waals surface area contributed by atoms with Crippen molar-refractivity contribution in [2.75, 3.05) is 0 Å². The molecule has 0 saturated carbocycles. The van der Waals surface area contributed by atoms with Crippen molar-refractivity contribution in [1.82, 2.24) is 0 Å². The molecular formula is C11H15O2S+. The summed E-state index contributed by atoms with van der Waals surface area (Å²) >= 11 is 1.11. The fraction of sp³-hybridized carbons (Fsp3) is 0.455. The molecule has 0 aromatic heterocycles. The van der Waals surface area contributed by atoms with Gasteiger partial charge in [-0.05, 0) is 19.9 Å². The molecule has 0 radical (unpaired) electrons. The van der Waals surface area contributed by atoms with Crippen LogP contribution in [0, 0.1) is 0 Å². The molecule has 3 heteroatoms. The molecule has 0 N–H and O–H groups in total. The Hall–Kier alpha value is -0.510. The van der Waals surface area contributed by atoms with Gasteiger partial charge < -0.3 is 9.47 Å². The van der Waals surface area contributed by atoms with Gasteiger partial charge in [0.2, 0.25) is 0 Å². The molecule has 0 spiro atoms. The van der Waals surface area contributed by atoms with E-state index in [0.29, 0.717) is 0 Å². The Morgan fingerprint density at radius 3 is 3.00 bits per heavy atom. The Morgan fingerprint density at radius 1 is 1.50 bits per heavy atom. The van der Waals surface area contributed by atoms with Gasteiger partial charge in [0.05, 0.1) is 0 Å². The predicted octanol–water partition coefficient (Wildman–Crippen LogP) is 1.92. The SMILES string of the molecule is C=C[SH+]C1=CC=C[C@@H]2OC(C)(C)O[C@H]12. The van der Waals surface area contributed by atoms with Crippen LogP contribution in [-0.2, 0) is 21.2 Å². The highest BCUT2D eigenvalue weighted by atomic mass is 32.2. The molecule has 1 aliphatic carbocycles. The van der Waals surface area contributed by atoms with Crippen molar-refractivity contribution in [3.05, 3.63) is 35.1 Å². The highest BCUT2D eigenvalue weighted by molar-refractivity contribution is 7.85. The summed E-state index contributed by atoms with van der Waals surface area (Å²) in [4.78, 5) is 1.22. The van der Waals surface area contributed by atoms with Crippen LogP contribution >= 0.6 is 0 Å². The molecule has 1 saturated heterocycles. The monoisotopic (exact) mass is 211 g/mol. The molecule has 1 aliphatic heterocycles. The van der Waals surface area contributed by atoms with E-state index in [9.17, 15) is 0 Å². The zero-order valence-electron chi connectivity index (χ0n) is 8.43. The Balaban J connectivity index is 2.19. The van der Waals surface area contributed by atoms with E-state index in [1.54, 1.807) is 0 Å². The number of thiol groups is 1. The maximum atomic E-state index is 5.82. The molecule has 0 aromatic rings. The van der Waals surface area contributed by atoms with Crippen LogP contribution in [0.4, 0.5) is 0 Å². The summed E-state index contributed by atoms with van der Waals surface area (Å²) < 4.78 is 11.6. The van der Waals surface area contributed by atoms with Crippen LogP contribution in [0.25, 0.3) is 0 Å². The van der Waals surface area contributed by atoms with Gasteiger partial charge in [-0.25, -0.2) is 0 Å². The van der Waals surface area contributed by atoms with Crippen LogP contribution in [0.1, 0.15) is 13.8 Å². The van der Waals surface area contributed by atoms with Crippen molar-refractivity contribution in [3.63, 3.8) is 0 Å². The topological polar surface area (TPSA) is 18.5 Å². The van der Waals surface area contributed by atoms with Crippen molar-refractivity contribution >= 4 is 11.8 Å². The van der Waals surface area contributed by atoms with Crippen LogP contribution in [0.3, 0.4) is 0 Å². The van der Waals surface area contributed by atoms with E-state index in [-0.39, 0.29) is 12.2 Å². The van der Waals surface area contributed by atoms with Crippen molar-refractivity contribution in [1.29, 1.82) is 0 Å². The van der Waals surface area contributed by atoms with Crippen LogP contribution in [0.15, 0.2) is 35.1 Å². The van der Waals surface area contributed by atoms with E-state index >= 15 is 0 Å². The first kappa shape index (κ1) is 10.0. The summed E-state index contributed by atoms with van der Waals surface area (Å²) in [6.45, 7) is 7.62. The Kier molecular flexibility index (Phi) is 2.56. The molecule has 1 fully saturated rings. The number of hydrogen-bond donors (Lipinski definition) is 0. The Morgan fingerprint density at radius 2 is 2.29 bits per heavy atom. The third-order valence-electron chi connectivity index (χ3n) is 2.23. The molecule has 1 heterocycles. The highest BCUT2D eigenvalue weighted by Crippen LogP contribution is 2.35. The van der Waals surface area contributed by atoms with Gasteiger partial charge in [-0.1, -0.05) is 18.7 Å². The molecule has 2 nitrogen and oxygen atoms in total. The number of fused-ring (bicyclic) bond motifs is 1. The van der Waals surface area contributed by atoms with Gasteiger partial charge in [0.1, 0.15) is 11.5 Å². The molecule has 2 atom stereocenters. The quantitative estimate of drug-likeness (QED) is 0.513. The lowest BCUT2D eigenvalue weighted by molar-refractivity contribution is -0.139. The third kappa shape index (κ3) is 1.80. The van der Waals surface area contributed by atoms with E-state index in [1.807, 2.05) is 31.4 Å². The molecule has 0 unspecified atom stereocenters. The molecule has 0 bridgehead atoms. The van der Waals surface area contributed by atoms with Crippen LogP contribution in [0.2, 0.25) is 0 Å². The van der Waals surface area contributed by atoms with Gasteiger partial charge in [0, 0.05) is 11.8 Å². The lowest BCUT2D eigenvalue weighted by Crippen LogP contribution is -2.25. The smallest absolute Gasteiger partial charge is 0.166 e. The van der Waals surface area contributed by atoms with Gasteiger partial charge in [-0.15, -0.1) is 0 Å². The fourth-order valence-corrected chi connectivity index (χ4v) is 2.47. The highest BCUT2D eigenvalue weighted by Gasteiger charge is 2.45. The number of ether oxygens (including phenoxy) is 2. The largest absolute Gasteiger partial charge is 0.340 e. The van der Waals surface area contributed by atoms with Crippen LogP contribution in [-0.4, -0.2) is 18.0 Å². The summed E-state index contributed by atoms with van der Waals surface area (Å²) in [5, 5.41) is 1.87. The van der Waals surface area contributed by atoms with Gasteiger partial charge in [0.25, 0.3) is 0 Å². The first-order valence-corrected chi connectivity index (χ1v) is 5.64. The van der Waals surface area contributed by atoms with Crippen molar-refractivity contribution in [3.8, 4) is 0 Å². The zero-order valence-corrected chi connectivity index (χ0v) is 9.33. The molecular weight excluding hydrogens is 196 g/mol. The summed E-state index contributed by atoms with van der Waals surface area (Å²) in [5.41, 5.74) is 0. The lowest BCUT2D eigenvalue weighted by atomic mass is 10.1. The number of rotatable bonds is 2. The van der Waals surface area contributed by atoms with Crippen molar-refractivity contribution in [2.45, 2.75) is 31.8 Å². The van der Waals surface area contributed by atoms with E-state index in [0.717, 1.165) is 11.8 Å². The van der Waals surface area contributed by atoms with Gasteiger partial charge in [0.15, 0.2) is 16.8 Å². The fourth-order valence-electron chi connectivity index (χ4n) is 1.74. The van der Waals surface area contributed by atoms with Crippen molar-refractivity contribution < 1.29 is 9.47 Å². The Bertz CT molecular complexity index is 304. The first-order valence-electron chi connectivity index (χ1n) is 4.68. The minimum atomic E-state index is -0.472. The summed E-state index contributed by atoms with van der Waals surface area (Å²) in [6.07, 6.45) is 6.28. The van der Waals surface area contributed by atoms with Gasteiger partial charge >= 0.3 is 0 Å². The number of allylic oxidation sites excluding steroid dienone is 2. The Labute approximate surface area is 88.7 Å². The molecule has 2 rings (SSSR count). The van der Waals surface area contributed by atoms with E-state index < -0.39 is 5.79 Å². The average Bonchev–Trinajstić information content (AvgIpc) is 2.41. The van der Waals surface area contributed by atoms with Crippen molar-refractivity contribution in [2.24, 2.45) is 0 Å².